The normalized spacial score (nSPS) is 12.2. The van der Waals surface area contributed by atoms with Crippen LogP contribution in [0.25, 0.3) is 0 Å². The highest BCUT2D eigenvalue weighted by Gasteiger charge is 2.07. The van der Waals surface area contributed by atoms with Crippen LogP contribution in [0.3, 0.4) is 0 Å². The van der Waals surface area contributed by atoms with Gasteiger partial charge in [-0.3, -0.25) is 5.32 Å². The Kier molecular flexibility index (Phi) is 5.12. The van der Waals surface area contributed by atoms with E-state index in [1.165, 1.54) is 0 Å². The second kappa shape index (κ2) is 5.60. The predicted octanol–water partition coefficient (Wildman–Crippen LogP) is 1.58. The zero-order valence-corrected chi connectivity index (χ0v) is 7.46. The van der Waals surface area contributed by atoms with Crippen LogP contribution in [-0.4, -0.2) is 24.0 Å². The maximum Gasteiger partial charge on any atom is 0.406 e. The first-order valence-electron chi connectivity index (χ1n) is 3.81. The summed E-state index contributed by atoms with van der Waals surface area (Å²) < 4.78 is 5.17. The highest BCUT2D eigenvalue weighted by molar-refractivity contribution is 5.64. The van der Waals surface area contributed by atoms with Crippen LogP contribution in [0, 0.1) is 0 Å². The lowest BCUT2D eigenvalue weighted by Crippen LogP contribution is -2.35. The topological polar surface area (TPSA) is 58.6 Å². The summed E-state index contributed by atoms with van der Waals surface area (Å²) >= 11 is 0. The summed E-state index contributed by atoms with van der Waals surface area (Å²) in [5, 5.41) is 10.6. The van der Waals surface area contributed by atoms with Crippen molar-refractivity contribution in [1.82, 2.24) is 5.32 Å². The van der Waals surface area contributed by atoms with E-state index in [1.54, 1.807) is 0 Å². The molecule has 1 amide bonds. The Morgan fingerprint density at radius 1 is 1.75 bits per heavy atom. The summed E-state index contributed by atoms with van der Waals surface area (Å²) in [6, 6.07) is 0. The van der Waals surface area contributed by atoms with E-state index in [-0.39, 0.29) is 0 Å². The van der Waals surface area contributed by atoms with Gasteiger partial charge in [-0.1, -0.05) is 19.1 Å². The van der Waals surface area contributed by atoms with Crippen molar-refractivity contribution in [2.45, 2.75) is 26.5 Å². The van der Waals surface area contributed by atoms with Gasteiger partial charge in [-0.15, -0.1) is 0 Å². The fourth-order valence-corrected chi connectivity index (χ4v) is 0.642. The van der Waals surface area contributed by atoms with E-state index in [4.69, 9.17) is 9.84 Å². The second-order valence-corrected chi connectivity index (χ2v) is 2.61. The lowest BCUT2D eigenvalue weighted by Gasteiger charge is -2.15. The first kappa shape index (κ1) is 11.0. The molecule has 0 aliphatic heterocycles. The fourth-order valence-electron chi connectivity index (χ4n) is 0.642. The molecule has 0 aliphatic carbocycles. The molecule has 2 N–H and O–H groups in total. The second-order valence-electron chi connectivity index (χ2n) is 2.61. The Morgan fingerprint density at radius 2 is 2.33 bits per heavy atom. The highest BCUT2D eigenvalue weighted by atomic mass is 16.5. The monoisotopic (exact) mass is 173 g/mol. The Balaban J connectivity index is 3.67. The van der Waals surface area contributed by atoms with Crippen LogP contribution in [0.2, 0.25) is 0 Å². The third kappa shape index (κ3) is 5.73. The van der Waals surface area contributed by atoms with Gasteiger partial charge >= 0.3 is 6.09 Å². The number of amides is 1. The molecule has 0 aromatic carbocycles. The molecule has 0 spiro atoms. The van der Waals surface area contributed by atoms with Crippen LogP contribution in [0.4, 0.5) is 4.79 Å². The zero-order chi connectivity index (χ0) is 9.56. The Morgan fingerprint density at radius 3 is 2.67 bits per heavy atom. The summed E-state index contributed by atoms with van der Waals surface area (Å²) in [5.41, 5.74) is 0.876. The number of carbonyl (C=O) groups is 1. The Bertz CT molecular complexity index is 168. The van der Waals surface area contributed by atoms with Crippen molar-refractivity contribution in [2.24, 2.45) is 0 Å². The average Bonchev–Trinajstić information content (AvgIpc) is 1.97. The number of hydrogen-bond acceptors (Lipinski definition) is 2. The van der Waals surface area contributed by atoms with Gasteiger partial charge in [0.1, 0.15) is 6.23 Å². The van der Waals surface area contributed by atoms with Gasteiger partial charge in [0.15, 0.2) is 0 Å². The largest absolute Gasteiger partial charge is 0.465 e. The number of carboxylic acid groups (broad SMARTS) is 1. The lowest BCUT2D eigenvalue weighted by molar-refractivity contribution is 0.0428. The minimum atomic E-state index is -1.07. The van der Waals surface area contributed by atoms with Gasteiger partial charge in [-0.2, -0.15) is 0 Å². The van der Waals surface area contributed by atoms with Gasteiger partial charge in [0.25, 0.3) is 0 Å². The van der Waals surface area contributed by atoms with Gasteiger partial charge in [0.05, 0.1) is 6.61 Å². The minimum Gasteiger partial charge on any atom is -0.465 e. The molecule has 0 radical (unpaired) electrons. The van der Waals surface area contributed by atoms with Crippen molar-refractivity contribution in [3.05, 3.63) is 12.2 Å². The van der Waals surface area contributed by atoms with Crippen molar-refractivity contribution < 1.29 is 14.6 Å². The van der Waals surface area contributed by atoms with Crippen LogP contribution in [-0.2, 0) is 4.74 Å². The first-order chi connectivity index (χ1) is 5.56. The van der Waals surface area contributed by atoms with E-state index in [0.717, 1.165) is 5.57 Å². The Labute approximate surface area is 72.2 Å². The average molecular weight is 173 g/mol. The maximum atomic E-state index is 10.2. The number of hydrogen-bond donors (Lipinski definition) is 2. The van der Waals surface area contributed by atoms with Crippen LogP contribution in [0.1, 0.15) is 20.3 Å². The number of rotatable bonds is 5. The van der Waals surface area contributed by atoms with E-state index in [9.17, 15) is 4.79 Å². The van der Waals surface area contributed by atoms with E-state index < -0.39 is 12.3 Å². The van der Waals surface area contributed by atoms with Gasteiger partial charge < -0.3 is 9.84 Å². The van der Waals surface area contributed by atoms with E-state index in [2.05, 4.69) is 11.9 Å². The molecule has 0 fully saturated rings. The molecular weight excluding hydrogens is 158 g/mol. The van der Waals surface area contributed by atoms with E-state index in [1.807, 2.05) is 13.8 Å². The molecule has 0 aromatic heterocycles. The molecular formula is C8H15NO3. The SMILES string of the molecule is C=C(C)COC(CC)NC(=O)O. The van der Waals surface area contributed by atoms with Crippen LogP contribution >= 0.6 is 0 Å². The molecule has 0 saturated heterocycles. The molecule has 12 heavy (non-hydrogen) atoms. The molecule has 0 saturated carbocycles. The predicted molar refractivity (Wildman–Crippen MR) is 46.0 cm³/mol. The van der Waals surface area contributed by atoms with Crippen LogP contribution in [0.5, 0.6) is 0 Å². The maximum absolute atomic E-state index is 10.2. The van der Waals surface area contributed by atoms with Crippen LogP contribution in [0.15, 0.2) is 12.2 Å². The van der Waals surface area contributed by atoms with Crippen molar-refractivity contribution in [2.75, 3.05) is 6.61 Å². The summed E-state index contributed by atoms with van der Waals surface area (Å²) in [6.07, 6.45) is -0.887. The van der Waals surface area contributed by atoms with Crippen molar-refractivity contribution in [1.29, 1.82) is 0 Å². The highest BCUT2D eigenvalue weighted by Crippen LogP contribution is 1.97. The molecule has 0 bridgehead atoms. The van der Waals surface area contributed by atoms with E-state index in [0.29, 0.717) is 13.0 Å². The molecule has 4 heteroatoms. The molecule has 70 valence electrons. The molecule has 0 aromatic rings. The molecule has 4 nitrogen and oxygen atoms in total. The number of ether oxygens (including phenoxy) is 1. The molecule has 0 rings (SSSR count). The molecule has 1 unspecified atom stereocenters. The minimum absolute atomic E-state index is 0.388. The zero-order valence-electron chi connectivity index (χ0n) is 7.46. The molecule has 1 atom stereocenters. The van der Waals surface area contributed by atoms with Crippen molar-refractivity contribution in [3.63, 3.8) is 0 Å². The summed E-state index contributed by atoms with van der Waals surface area (Å²) in [7, 11) is 0. The Hall–Kier alpha value is -1.03. The van der Waals surface area contributed by atoms with Gasteiger partial charge in [0.2, 0.25) is 0 Å². The lowest BCUT2D eigenvalue weighted by atomic mass is 10.4. The summed E-state index contributed by atoms with van der Waals surface area (Å²) in [5.74, 6) is 0. The van der Waals surface area contributed by atoms with Gasteiger partial charge in [-0.25, -0.2) is 4.79 Å². The summed E-state index contributed by atoms with van der Waals surface area (Å²) in [6.45, 7) is 7.70. The van der Waals surface area contributed by atoms with Crippen molar-refractivity contribution in [3.8, 4) is 0 Å². The van der Waals surface area contributed by atoms with E-state index >= 15 is 0 Å². The third-order valence-electron chi connectivity index (χ3n) is 1.19. The summed E-state index contributed by atoms with van der Waals surface area (Å²) in [4.78, 5) is 10.2. The fraction of sp³-hybridized carbons (Fsp3) is 0.625. The molecule has 0 heterocycles. The first-order valence-corrected chi connectivity index (χ1v) is 3.81. The standard InChI is InChI=1S/C8H15NO3/c1-4-7(9-8(10)11)12-5-6(2)3/h7,9H,2,4-5H2,1,3H3,(H,10,11). The third-order valence-corrected chi connectivity index (χ3v) is 1.19. The van der Waals surface area contributed by atoms with Gasteiger partial charge in [0, 0.05) is 0 Å². The van der Waals surface area contributed by atoms with Crippen molar-refractivity contribution >= 4 is 6.09 Å². The quantitative estimate of drug-likeness (QED) is 0.490. The molecule has 0 aliphatic rings. The van der Waals surface area contributed by atoms with Crippen LogP contribution < -0.4 is 5.32 Å². The van der Waals surface area contributed by atoms with Gasteiger partial charge in [-0.05, 0) is 13.3 Å². The number of nitrogens with one attached hydrogen (secondary N) is 1. The smallest absolute Gasteiger partial charge is 0.406 e.